The number of carbonyl (C=O) groups is 2. The Bertz CT molecular complexity index is 2110. The van der Waals surface area contributed by atoms with Crippen LogP contribution < -0.4 is 5.73 Å². The van der Waals surface area contributed by atoms with Gasteiger partial charge in [0, 0.05) is 29.7 Å². The molecular weight excluding hydrogens is 598 g/mol. The molecule has 0 radical (unpaired) electrons. The number of aromatic carboxylic acids is 2. The summed E-state index contributed by atoms with van der Waals surface area (Å²) in [6.45, 7) is 0. The second kappa shape index (κ2) is 11.8. The Kier molecular flexibility index (Phi) is 7.92. The molecule has 13 nitrogen and oxygen atoms in total. The third kappa shape index (κ3) is 6.07. The van der Waals surface area contributed by atoms with Crippen LogP contribution in [0.25, 0.3) is 12.2 Å². The molecule has 2 aliphatic carbocycles. The van der Waals surface area contributed by atoms with Crippen molar-refractivity contribution in [3.63, 3.8) is 0 Å². The Labute approximate surface area is 246 Å². The maximum absolute atomic E-state index is 11.7. The predicted molar refractivity (Wildman–Crippen MR) is 159 cm³/mol. The van der Waals surface area contributed by atoms with Crippen LogP contribution in [0, 0.1) is 0 Å². The summed E-state index contributed by atoms with van der Waals surface area (Å²) in [6.07, 6.45) is 6.08. The Morgan fingerprint density at radius 1 is 0.628 bits per heavy atom. The molecule has 5 rings (SSSR count). The second-order valence-electron chi connectivity index (χ2n) is 9.26. The van der Waals surface area contributed by atoms with Gasteiger partial charge in [0.05, 0.1) is 43.6 Å². The topological polar surface area (TPSA) is 218 Å². The largest absolute Gasteiger partial charge is 0.478 e. The zero-order chi connectivity index (χ0) is 30.8. The van der Waals surface area contributed by atoms with E-state index in [1.165, 1.54) is 30.4 Å². The molecule has 0 atom stereocenters. The number of nitrogens with two attached hydrogens (primary N) is 1. The van der Waals surface area contributed by atoms with E-state index >= 15 is 0 Å². The fraction of sp³-hybridized carbons (Fsp3) is 0.0714. The number of nitrogen functional groups attached to an aromatic ring is 1. The maximum Gasteiger partial charge on any atom is 0.335 e. The minimum absolute atomic E-state index is 0.00934. The highest BCUT2D eigenvalue weighted by molar-refractivity contribution is 7.73. The number of hydrogen-bond donors (Lipinski definition) is 3. The van der Waals surface area contributed by atoms with Gasteiger partial charge in [0.15, 0.2) is 0 Å². The predicted octanol–water partition coefficient (Wildman–Crippen LogP) is 4.74. The number of hydrogen-bond acceptors (Lipinski definition) is 11. The molecule has 0 saturated carbocycles. The highest BCUT2D eigenvalue weighted by Gasteiger charge is 2.20. The number of allylic oxidation sites excluding steroid dienone is 2. The summed E-state index contributed by atoms with van der Waals surface area (Å²) in [5.41, 5.74) is 9.12. The fourth-order valence-corrected chi connectivity index (χ4v) is 5.40. The highest BCUT2D eigenvalue weighted by Crippen LogP contribution is 2.38. The van der Waals surface area contributed by atoms with E-state index in [9.17, 15) is 36.6 Å². The summed E-state index contributed by atoms with van der Waals surface area (Å²) in [5, 5.41) is 35.6. The van der Waals surface area contributed by atoms with E-state index in [0.717, 1.165) is 6.07 Å². The van der Waals surface area contributed by atoms with Crippen molar-refractivity contribution in [1.82, 2.24) is 0 Å². The smallest absolute Gasteiger partial charge is 0.335 e. The molecule has 43 heavy (non-hydrogen) atoms. The maximum atomic E-state index is 11.7. The van der Waals surface area contributed by atoms with E-state index in [1.54, 1.807) is 30.3 Å². The Morgan fingerprint density at radius 2 is 1.09 bits per heavy atom. The summed E-state index contributed by atoms with van der Waals surface area (Å²) < 4.78 is 46.4. The molecule has 0 unspecified atom stereocenters. The molecule has 15 heteroatoms. The van der Waals surface area contributed by atoms with Crippen LogP contribution in [0.3, 0.4) is 0 Å². The van der Waals surface area contributed by atoms with Crippen LogP contribution in [0.2, 0.25) is 0 Å². The fourth-order valence-electron chi connectivity index (χ4n) is 4.52. The first-order valence-corrected chi connectivity index (χ1v) is 14.5. The molecule has 216 valence electrons. The van der Waals surface area contributed by atoms with Gasteiger partial charge in [-0.2, -0.15) is 27.1 Å². The summed E-state index contributed by atoms with van der Waals surface area (Å²) >= 11 is 0. The van der Waals surface area contributed by atoms with E-state index in [-0.39, 0.29) is 39.4 Å². The lowest BCUT2D eigenvalue weighted by molar-refractivity contribution is 0.0696. The van der Waals surface area contributed by atoms with Crippen molar-refractivity contribution in [2.45, 2.75) is 12.8 Å². The molecule has 0 bridgehead atoms. The number of carboxylic acid groups (broad SMARTS) is 2. The molecule has 0 amide bonds. The third-order valence-corrected chi connectivity index (χ3v) is 8.05. The Balaban J connectivity index is 1.57. The van der Waals surface area contributed by atoms with Gasteiger partial charge in [0.25, 0.3) is 0 Å². The molecule has 0 heterocycles. The Morgan fingerprint density at radius 3 is 1.65 bits per heavy atom. The van der Waals surface area contributed by atoms with Crippen molar-refractivity contribution >= 4 is 82.8 Å². The summed E-state index contributed by atoms with van der Waals surface area (Å²) in [7, 11) is -4.90. The summed E-state index contributed by atoms with van der Waals surface area (Å²) in [6, 6.07) is 9.70. The number of benzene rings is 3. The normalized spacial score (nSPS) is 13.8. The molecule has 0 aliphatic heterocycles. The lowest BCUT2D eigenvalue weighted by Crippen LogP contribution is -2.09. The first-order chi connectivity index (χ1) is 20.5. The standard InChI is InChI=1S/C28H19N5O8S2/c29-23-5-6-24(19-3-1-17(42(38)39)12-21(19)23)32-33-26-8-7-25(20-4-2-18(43(40)41)13-22(20)26)31-30-16-10-14(27(34)35)9-15(11-16)28(36)37/h1-11H,12-13,29H2,(H,34,35)(H,36,37). The van der Waals surface area contributed by atoms with Crippen molar-refractivity contribution in [3.05, 3.63) is 88.0 Å². The molecule has 3 aromatic carbocycles. The number of anilines is 1. The quantitative estimate of drug-likeness (QED) is 0.197. The highest BCUT2D eigenvalue weighted by atomic mass is 32.2. The van der Waals surface area contributed by atoms with Gasteiger partial charge >= 0.3 is 11.9 Å². The average molecular weight is 618 g/mol. The van der Waals surface area contributed by atoms with Crippen molar-refractivity contribution in [1.29, 1.82) is 0 Å². The second-order valence-corrected chi connectivity index (χ2v) is 11.3. The van der Waals surface area contributed by atoms with Crippen LogP contribution in [-0.4, -0.2) is 48.7 Å². The van der Waals surface area contributed by atoms with Crippen molar-refractivity contribution in [3.8, 4) is 0 Å². The molecule has 3 aromatic rings. The van der Waals surface area contributed by atoms with E-state index in [2.05, 4.69) is 20.5 Å². The molecular formula is C28H19N5O8S2. The van der Waals surface area contributed by atoms with Gasteiger partial charge in [0.2, 0.25) is 20.6 Å². The molecule has 0 spiro atoms. The third-order valence-electron chi connectivity index (χ3n) is 6.63. The molecule has 0 fully saturated rings. The van der Waals surface area contributed by atoms with Gasteiger partial charge in [-0.25, -0.2) is 9.59 Å². The molecule has 0 saturated heterocycles. The first-order valence-electron chi connectivity index (χ1n) is 12.3. The van der Waals surface area contributed by atoms with Gasteiger partial charge in [-0.15, -0.1) is 10.2 Å². The summed E-state index contributed by atoms with van der Waals surface area (Å²) in [5.74, 6) is -2.67. The minimum atomic E-state index is -2.51. The SMILES string of the molecule is Nc1ccc(N=Nc2ccc(N=Nc3cc(C(=O)O)cc(C(=O)O)c3)c3c2CC(=S(=O)=O)C=C3)c2c1CC(=S(=O)=O)C=C2. The van der Waals surface area contributed by atoms with Crippen LogP contribution in [0.15, 0.2) is 75.1 Å². The summed E-state index contributed by atoms with van der Waals surface area (Å²) in [4.78, 5) is 23.2. The van der Waals surface area contributed by atoms with E-state index in [1.807, 2.05) is 0 Å². The first kappa shape index (κ1) is 29.0. The van der Waals surface area contributed by atoms with Gasteiger partial charge in [-0.3, -0.25) is 0 Å². The minimum Gasteiger partial charge on any atom is -0.478 e. The average Bonchev–Trinajstić information content (AvgIpc) is 2.99. The van der Waals surface area contributed by atoms with Crippen LogP contribution in [-0.2, 0) is 33.4 Å². The molecule has 4 N–H and O–H groups in total. The number of rotatable bonds is 6. The van der Waals surface area contributed by atoms with E-state index < -0.39 is 32.5 Å². The van der Waals surface area contributed by atoms with Crippen LogP contribution in [0.1, 0.15) is 43.0 Å². The van der Waals surface area contributed by atoms with Crippen LogP contribution in [0.4, 0.5) is 28.4 Å². The zero-order valence-electron chi connectivity index (χ0n) is 21.8. The van der Waals surface area contributed by atoms with Crippen molar-refractivity contribution < 1.29 is 36.6 Å². The van der Waals surface area contributed by atoms with Crippen molar-refractivity contribution in [2.24, 2.45) is 20.5 Å². The van der Waals surface area contributed by atoms with Gasteiger partial charge in [0.1, 0.15) is 0 Å². The van der Waals surface area contributed by atoms with Gasteiger partial charge in [-0.1, -0.05) is 12.2 Å². The lowest BCUT2D eigenvalue weighted by Gasteiger charge is -2.16. The monoisotopic (exact) mass is 617 g/mol. The number of nitrogens with zero attached hydrogens (tertiary/aromatic N) is 4. The molecule has 2 aliphatic rings. The number of azo groups is 2. The van der Waals surface area contributed by atoms with E-state index in [4.69, 9.17) is 5.73 Å². The zero-order valence-corrected chi connectivity index (χ0v) is 23.4. The van der Waals surface area contributed by atoms with Crippen molar-refractivity contribution in [2.75, 3.05) is 5.73 Å². The number of carboxylic acids is 2. The molecule has 0 aromatic heterocycles. The van der Waals surface area contributed by atoms with Crippen LogP contribution in [0.5, 0.6) is 0 Å². The Hall–Kier alpha value is -5.54. The van der Waals surface area contributed by atoms with Gasteiger partial charge < -0.3 is 15.9 Å². The van der Waals surface area contributed by atoms with E-state index in [0.29, 0.717) is 45.0 Å². The van der Waals surface area contributed by atoms with Gasteiger partial charge in [-0.05, 0) is 65.7 Å². The van der Waals surface area contributed by atoms with Crippen LogP contribution >= 0.6 is 0 Å². The number of fused-ring (bicyclic) bond motifs is 2. The lowest BCUT2D eigenvalue weighted by atomic mass is 9.94.